The third kappa shape index (κ3) is 13.6. The minimum absolute atomic E-state index is 0.0906. The Kier molecular flexibility index (Phi) is 16.9. The number of carbonyl (C=O) groups excluding carboxylic acids is 2. The average molecular weight is 553 g/mol. The molecule has 0 radical (unpaired) electrons. The van der Waals surface area contributed by atoms with E-state index < -0.39 is 5.97 Å². The van der Waals surface area contributed by atoms with Crippen molar-refractivity contribution in [2.45, 2.75) is 104 Å². The molecule has 0 spiro atoms. The summed E-state index contributed by atoms with van der Waals surface area (Å²) < 4.78 is 16.3. The van der Waals surface area contributed by atoms with E-state index in [1.807, 2.05) is 6.92 Å². The summed E-state index contributed by atoms with van der Waals surface area (Å²) in [6, 6.07) is 11.8. The first-order valence-electron chi connectivity index (χ1n) is 15.0. The predicted octanol–water partition coefficient (Wildman–Crippen LogP) is 8.24. The first kappa shape index (κ1) is 32.9. The molecular formula is C33H48N2O5. The molecule has 0 aromatic heterocycles. The number of hydrogen-bond acceptors (Lipinski definition) is 6. The van der Waals surface area contributed by atoms with E-state index in [0.717, 1.165) is 12.8 Å². The third-order valence-electron chi connectivity index (χ3n) is 6.70. The van der Waals surface area contributed by atoms with E-state index in [1.54, 1.807) is 48.7 Å². The molecule has 0 aliphatic carbocycles. The highest BCUT2D eigenvalue weighted by atomic mass is 16.6. The Bertz CT molecular complexity index is 1020. The van der Waals surface area contributed by atoms with Crippen LogP contribution in [0.3, 0.4) is 0 Å². The largest absolute Gasteiger partial charge is 0.494 e. The highest BCUT2D eigenvalue weighted by molar-refractivity contribution is 5.91. The van der Waals surface area contributed by atoms with Gasteiger partial charge in [0.1, 0.15) is 5.75 Å². The van der Waals surface area contributed by atoms with Crippen molar-refractivity contribution in [2.24, 2.45) is 5.10 Å². The van der Waals surface area contributed by atoms with E-state index in [2.05, 4.69) is 17.5 Å². The number of hydrogen-bond donors (Lipinski definition) is 1. The van der Waals surface area contributed by atoms with Gasteiger partial charge in [0.25, 0.3) is 0 Å². The molecule has 7 nitrogen and oxygen atoms in total. The number of amides is 1. The Morgan fingerprint density at radius 3 is 1.95 bits per heavy atom. The predicted molar refractivity (Wildman–Crippen MR) is 162 cm³/mol. The van der Waals surface area contributed by atoms with Crippen molar-refractivity contribution in [1.29, 1.82) is 0 Å². The zero-order valence-corrected chi connectivity index (χ0v) is 24.7. The van der Waals surface area contributed by atoms with Crippen LogP contribution in [-0.4, -0.2) is 31.8 Å². The fourth-order valence-electron chi connectivity index (χ4n) is 4.40. The molecule has 1 amide bonds. The molecule has 0 heterocycles. The lowest BCUT2D eigenvalue weighted by molar-refractivity contribution is -0.121. The van der Waals surface area contributed by atoms with Crippen LogP contribution in [0.1, 0.15) is 120 Å². The Balaban J connectivity index is 1.63. The fraction of sp³-hybridized carbons (Fsp3) is 0.545. The van der Waals surface area contributed by atoms with Gasteiger partial charge in [-0.15, -0.1) is 0 Å². The molecule has 0 saturated carbocycles. The minimum Gasteiger partial charge on any atom is -0.494 e. The summed E-state index contributed by atoms with van der Waals surface area (Å²) in [4.78, 5) is 24.6. The maximum Gasteiger partial charge on any atom is 0.343 e. The summed E-state index contributed by atoms with van der Waals surface area (Å²) in [5, 5.41) is 4.06. The van der Waals surface area contributed by atoms with E-state index in [9.17, 15) is 9.59 Å². The Morgan fingerprint density at radius 1 is 0.775 bits per heavy atom. The topological polar surface area (TPSA) is 86.2 Å². The van der Waals surface area contributed by atoms with Gasteiger partial charge in [-0.2, -0.15) is 5.10 Å². The summed E-state index contributed by atoms with van der Waals surface area (Å²) in [7, 11) is 1.50. The van der Waals surface area contributed by atoms with Crippen molar-refractivity contribution in [3.63, 3.8) is 0 Å². The number of hydrazone groups is 1. The highest BCUT2D eigenvalue weighted by Gasteiger charge is 2.13. The van der Waals surface area contributed by atoms with Crippen molar-refractivity contribution in [3.8, 4) is 17.2 Å². The number of esters is 1. The van der Waals surface area contributed by atoms with Crippen molar-refractivity contribution >= 4 is 18.1 Å². The Morgan fingerprint density at radius 2 is 1.38 bits per heavy atom. The number of ether oxygens (including phenoxy) is 3. The van der Waals surface area contributed by atoms with Crippen LogP contribution in [0.15, 0.2) is 47.6 Å². The van der Waals surface area contributed by atoms with Crippen LogP contribution in [0, 0.1) is 0 Å². The molecule has 2 aromatic rings. The third-order valence-corrected chi connectivity index (χ3v) is 6.70. The molecule has 0 bridgehead atoms. The molecule has 0 unspecified atom stereocenters. The summed E-state index contributed by atoms with van der Waals surface area (Å²) in [5.41, 5.74) is 3.70. The zero-order valence-electron chi connectivity index (χ0n) is 24.7. The van der Waals surface area contributed by atoms with Gasteiger partial charge in [-0.1, -0.05) is 84.0 Å². The highest BCUT2D eigenvalue weighted by Crippen LogP contribution is 2.28. The van der Waals surface area contributed by atoms with Gasteiger partial charge in [-0.3, -0.25) is 4.79 Å². The Hall–Kier alpha value is -3.35. The van der Waals surface area contributed by atoms with Crippen LogP contribution in [-0.2, 0) is 4.79 Å². The van der Waals surface area contributed by atoms with Gasteiger partial charge in [0.05, 0.1) is 25.5 Å². The molecule has 220 valence electrons. The molecule has 2 aromatic carbocycles. The number of methoxy groups -OCH3 is 1. The average Bonchev–Trinajstić information content (AvgIpc) is 2.96. The number of carbonyl (C=O) groups is 2. The second-order valence-corrected chi connectivity index (χ2v) is 10.0. The molecule has 0 atom stereocenters. The van der Waals surface area contributed by atoms with Gasteiger partial charge in [0.15, 0.2) is 11.5 Å². The monoisotopic (exact) mass is 552 g/mol. The first-order chi connectivity index (χ1) is 19.6. The molecule has 40 heavy (non-hydrogen) atoms. The van der Waals surface area contributed by atoms with E-state index in [1.165, 1.54) is 77.7 Å². The lowest BCUT2D eigenvalue weighted by Gasteiger charge is -2.10. The minimum atomic E-state index is -0.497. The first-order valence-corrected chi connectivity index (χ1v) is 15.0. The lowest BCUT2D eigenvalue weighted by Crippen LogP contribution is -2.16. The van der Waals surface area contributed by atoms with Crippen molar-refractivity contribution in [1.82, 2.24) is 5.43 Å². The smallest absolute Gasteiger partial charge is 0.343 e. The summed E-state index contributed by atoms with van der Waals surface area (Å²) in [6.07, 6.45) is 18.6. The van der Waals surface area contributed by atoms with E-state index in [0.29, 0.717) is 41.4 Å². The van der Waals surface area contributed by atoms with Gasteiger partial charge in [-0.05, 0) is 61.4 Å². The quantitative estimate of drug-likeness (QED) is 0.0554. The number of unbranched alkanes of at least 4 members (excludes halogenated alkanes) is 12. The molecule has 2 rings (SSSR count). The zero-order chi connectivity index (χ0) is 28.8. The van der Waals surface area contributed by atoms with Crippen LogP contribution in [0.5, 0.6) is 17.2 Å². The van der Waals surface area contributed by atoms with E-state index >= 15 is 0 Å². The molecule has 1 N–H and O–H groups in total. The number of nitrogens with zero attached hydrogens (tertiary/aromatic N) is 1. The second-order valence-electron chi connectivity index (χ2n) is 10.0. The van der Waals surface area contributed by atoms with Crippen LogP contribution in [0.25, 0.3) is 0 Å². The van der Waals surface area contributed by atoms with Crippen LogP contribution < -0.4 is 19.6 Å². The SMILES string of the molecule is CCCCCCCCCCCCCCCC(=O)N/N=C/c1ccc(OC(=O)c2ccc(OCC)cc2)c(OC)c1. The molecular weight excluding hydrogens is 504 g/mol. The van der Waals surface area contributed by atoms with Crippen LogP contribution in [0.2, 0.25) is 0 Å². The molecule has 0 aliphatic rings. The van der Waals surface area contributed by atoms with Gasteiger partial charge >= 0.3 is 5.97 Å². The van der Waals surface area contributed by atoms with Crippen molar-refractivity contribution in [3.05, 3.63) is 53.6 Å². The van der Waals surface area contributed by atoms with Gasteiger partial charge in [0, 0.05) is 6.42 Å². The lowest BCUT2D eigenvalue weighted by atomic mass is 10.0. The van der Waals surface area contributed by atoms with Crippen molar-refractivity contribution in [2.75, 3.05) is 13.7 Å². The van der Waals surface area contributed by atoms with Crippen LogP contribution in [0.4, 0.5) is 0 Å². The summed E-state index contributed by atoms with van der Waals surface area (Å²) in [5.74, 6) is 0.790. The molecule has 0 aliphatic heterocycles. The normalized spacial score (nSPS) is 11.0. The van der Waals surface area contributed by atoms with E-state index in [4.69, 9.17) is 14.2 Å². The number of nitrogens with one attached hydrogen (secondary N) is 1. The van der Waals surface area contributed by atoms with Gasteiger partial charge in [0.2, 0.25) is 5.91 Å². The molecule has 7 heteroatoms. The fourth-order valence-corrected chi connectivity index (χ4v) is 4.40. The maximum absolute atomic E-state index is 12.5. The summed E-state index contributed by atoms with van der Waals surface area (Å²) in [6.45, 7) is 4.71. The number of rotatable bonds is 21. The molecule has 0 fully saturated rings. The van der Waals surface area contributed by atoms with Crippen LogP contribution >= 0.6 is 0 Å². The maximum atomic E-state index is 12.5. The summed E-state index contributed by atoms with van der Waals surface area (Å²) >= 11 is 0. The Labute approximate surface area is 240 Å². The van der Waals surface area contributed by atoms with Gasteiger partial charge in [-0.25, -0.2) is 10.2 Å². The van der Waals surface area contributed by atoms with Crippen molar-refractivity contribution < 1.29 is 23.8 Å². The standard InChI is InChI=1S/C33H48N2O5/c1-4-6-7-8-9-10-11-12-13-14-15-16-17-18-32(36)35-34-26-27-19-24-30(31(25-27)38-3)40-33(37)28-20-22-29(23-21-28)39-5-2/h19-26H,4-18H2,1-3H3,(H,35,36)/b34-26+. The van der Waals surface area contributed by atoms with Gasteiger partial charge < -0.3 is 14.2 Å². The molecule has 0 saturated heterocycles. The second kappa shape index (κ2) is 20.5. The van der Waals surface area contributed by atoms with E-state index in [-0.39, 0.29) is 5.91 Å². The number of benzene rings is 2.